The van der Waals surface area contributed by atoms with Crippen molar-refractivity contribution >= 4 is 17.6 Å². The number of carbonyl (C=O) groups excluding carboxylic acids is 1. The molecule has 0 saturated heterocycles. The second-order valence-electron chi connectivity index (χ2n) is 6.50. The van der Waals surface area contributed by atoms with Crippen molar-refractivity contribution in [1.82, 2.24) is 15.4 Å². The number of ether oxygens (including phenoxy) is 3. The zero-order chi connectivity index (χ0) is 18.5. The van der Waals surface area contributed by atoms with Gasteiger partial charge >= 0.3 is 5.97 Å². The van der Waals surface area contributed by atoms with Crippen molar-refractivity contribution in [1.29, 1.82) is 0 Å². The van der Waals surface area contributed by atoms with Crippen LogP contribution in [0.1, 0.15) is 43.6 Å². The molecule has 0 amide bonds. The summed E-state index contributed by atoms with van der Waals surface area (Å²) in [5, 5.41) is 10.2. The first-order chi connectivity index (χ1) is 12.6. The summed E-state index contributed by atoms with van der Waals surface area (Å²) >= 11 is 6.20. The molecule has 1 aromatic carbocycles. The molecule has 1 N–H and O–H groups in total. The predicted molar refractivity (Wildman–Crippen MR) is 95.9 cm³/mol. The minimum atomic E-state index is -0.591. The summed E-state index contributed by atoms with van der Waals surface area (Å²) in [5.74, 6) is 1.75. The molecular weight excluding hydrogens is 358 g/mol. The van der Waals surface area contributed by atoms with Gasteiger partial charge in [0, 0.05) is 6.07 Å². The highest BCUT2D eigenvalue weighted by molar-refractivity contribution is 6.32. The van der Waals surface area contributed by atoms with Crippen LogP contribution in [-0.2, 0) is 4.74 Å². The summed E-state index contributed by atoms with van der Waals surface area (Å²) in [6, 6.07) is 5.17. The molecule has 0 aliphatic heterocycles. The van der Waals surface area contributed by atoms with Gasteiger partial charge in [-0.15, -0.1) is 0 Å². The molecule has 26 heavy (non-hydrogen) atoms. The fraction of sp³-hybridized carbons (Fsp3) is 0.500. The molecule has 1 aliphatic rings. The Bertz CT molecular complexity index is 765. The average Bonchev–Trinajstić information content (AvgIpc) is 3.24. The number of carbonyl (C=O) groups is 1. The number of hydrogen-bond donors (Lipinski definition) is 1. The summed E-state index contributed by atoms with van der Waals surface area (Å²) in [6.45, 7) is 4.89. The Morgan fingerprint density at radius 1 is 1.38 bits per heavy atom. The third-order valence-electron chi connectivity index (χ3n) is 4.39. The Morgan fingerprint density at radius 3 is 2.96 bits per heavy atom. The Hall–Kier alpha value is -2.28. The van der Waals surface area contributed by atoms with E-state index >= 15 is 0 Å². The van der Waals surface area contributed by atoms with Crippen LogP contribution in [0.5, 0.6) is 17.4 Å². The lowest BCUT2D eigenvalue weighted by Gasteiger charge is -2.13. The highest BCUT2D eigenvalue weighted by Gasteiger charge is 2.22. The second kappa shape index (κ2) is 8.40. The molecule has 3 rings (SSSR count). The van der Waals surface area contributed by atoms with Crippen molar-refractivity contribution in [2.75, 3.05) is 13.2 Å². The van der Waals surface area contributed by atoms with Crippen molar-refractivity contribution in [3.05, 3.63) is 28.9 Å². The maximum absolute atomic E-state index is 11.9. The number of rotatable bonds is 7. The number of aromatic amines is 1. The molecule has 1 unspecified atom stereocenters. The molecule has 1 aromatic heterocycles. The van der Waals surface area contributed by atoms with E-state index in [1.807, 2.05) is 0 Å². The molecule has 1 fully saturated rings. The van der Waals surface area contributed by atoms with E-state index in [9.17, 15) is 4.79 Å². The molecule has 0 bridgehead atoms. The van der Waals surface area contributed by atoms with E-state index in [0.29, 0.717) is 29.0 Å². The van der Waals surface area contributed by atoms with Crippen LogP contribution in [0.3, 0.4) is 0 Å². The van der Waals surface area contributed by atoms with Gasteiger partial charge < -0.3 is 14.2 Å². The van der Waals surface area contributed by atoms with Gasteiger partial charge in [0.25, 0.3) is 5.88 Å². The van der Waals surface area contributed by atoms with Gasteiger partial charge in [-0.05, 0) is 43.7 Å². The second-order valence-corrected chi connectivity index (χ2v) is 6.91. The highest BCUT2D eigenvalue weighted by Crippen LogP contribution is 2.34. The van der Waals surface area contributed by atoms with Crippen molar-refractivity contribution in [2.24, 2.45) is 11.8 Å². The van der Waals surface area contributed by atoms with E-state index < -0.39 is 5.97 Å². The van der Waals surface area contributed by atoms with Crippen LogP contribution in [0, 0.1) is 11.8 Å². The van der Waals surface area contributed by atoms with E-state index in [2.05, 4.69) is 22.3 Å². The zero-order valence-corrected chi connectivity index (χ0v) is 15.6. The van der Waals surface area contributed by atoms with Crippen LogP contribution in [0.2, 0.25) is 5.02 Å². The van der Waals surface area contributed by atoms with Gasteiger partial charge in [0.2, 0.25) is 5.69 Å². The molecule has 1 saturated carbocycles. The summed E-state index contributed by atoms with van der Waals surface area (Å²) in [5.41, 5.74) is 0.0363. The van der Waals surface area contributed by atoms with Crippen molar-refractivity contribution in [3.63, 3.8) is 0 Å². The maximum Gasteiger partial charge on any atom is 0.362 e. The molecule has 0 spiro atoms. The number of nitrogens with zero attached hydrogens (tertiary/aromatic N) is 2. The van der Waals surface area contributed by atoms with Gasteiger partial charge in [-0.1, -0.05) is 35.3 Å². The van der Waals surface area contributed by atoms with E-state index in [1.165, 1.54) is 19.3 Å². The first kappa shape index (κ1) is 18.5. The Kier molecular flexibility index (Phi) is 5.98. The standard InChI is InChI=1S/C18H22ClN3O4/c1-3-24-18(23)16-17(21-22-20-16)26-15-9-13(6-7-14(15)19)25-10-12-5-4-11(2)8-12/h6-7,9,11-12H,3-5,8,10H2,1-2H3,(H,20,21,22)/t11-,12?/m0/s1. The summed E-state index contributed by atoms with van der Waals surface area (Å²) in [6.07, 6.45) is 3.64. The molecule has 140 valence electrons. The highest BCUT2D eigenvalue weighted by atomic mass is 35.5. The van der Waals surface area contributed by atoms with E-state index in [4.69, 9.17) is 25.8 Å². The summed E-state index contributed by atoms with van der Waals surface area (Å²) < 4.78 is 16.5. The Labute approximate surface area is 157 Å². The van der Waals surface area contributed by atoms with Crippen molar-refractivity contribution in [2.45, 2.75) is 33.1 Å². The van der Waals surface area contributed by atoms with Crippen LogP contribution in [-0.4, -0.2) is 34.6 Å². The lowest BCUT2D eigenvalue weighted by molar-refractivity contribution is 0.0516. The van der Waals surface area contributed by atoms with Gasteiger partial charge in [0.05, 0.1) is 18.2 Å². The molecule has 2 atom stereocenters. The van der Waals surface area contributed by atoms with Crippen LogP contribution >= 0.6 is 11.6 Å². The smallest absolute Gasteiger partial charge is 0.362 e. The van der Waals surface area contributed by atoms with Crippen LogP contribution < -0.4 is 9.47 Å². The van der Waals surface area contributed by atoms with Gasteiger partial charge in [0.15, 0.2) is 5.75 Å². The maximum atomic E-state index is 11.9. The van der Waals surface area contributed by atoms with E-state index in [1.54, 1.807) is 25.1 Å². The lowest BCUT2D eigenvalue weighted by atomic mass is 10.1. The number of benzene rings is 1. The third kappa shape index (κ3) is 4.46. The topological polar surface area (TPSA) is 86.3 Å². The first-order valence-corrected chi connectivity index (χ1v) is 9.13. The van der Waals surface area contributed by atoms with E-state index in [0.717, 1.165) is 5.92 Å². The summed E-state index contributed by atoms with van der Waals surface area (Å²) in [7, 11) is 0. The minimum Gasteiger partial charge on any atom is -0.493 e. The Morgan fingerprint density at radius 2 is 2.23 bits per heavy atom. The van der Waals surface area contributed by atoms with Crippen LogP contribution in [0.25, 0.3) is 0 Å². The fourth-order valence-corrected chi connectivity index (χ4v) is 3.23. The number of H-pyrrole nitrogens is 1. The molecule has 7 nitrogen and oxygen atoms in total. The third-order valence-corrected chi connectivity index (χ3v) is 4.71. The molecule has 1 heterocycles. The van der Waals surface area contributed by atoms with E-state index in [-0.39, 0.29) is 18.2 Å². The number of hydrogen-bond acceptors (Lipinski definition) is 6. The minimum absolute atomic E-state index is 0.00659. The molecule has 8 heteroatoms. The Balaban J connectivity index is 1.68. The quantitative estimate of drug-likeness (QED) is 0.724. The zero-order valence-electron chi connectivity index (χ0n) is 14.8. The lowest BCUT2D eigenvalue weighted by Crippen LogP contribution is -2.09. The van der Waals surface area contributed by atoms with Crippen molar-refractivity contribution in [3.8, 4) is 17.4 Å². The summed E-state index contributed by atoms with van der Waals surface area (Å²) in [4.78, 5) is 11.9. The SMILES string of the molecule is CCOC(=O)c1[nH]nnc1Oc1cc(OCC2CC[C@H](C)C2)ccc1Cl. The van der Waals surface area contributed by atoms with Crippen molar-refractivity contribution < 1.29 is 19.0 Å². The van der Waals surface area contributed by atoms with Gasteiger partial charge in [0.1, 0.15) is 5.75 Å². The molecule has 0 radical (unpaired) electrons. The monoisotopic (exact) mass is 379 g/mol. The molecule has 2 aromatic rings. The van der Waals surface area contributed by atoms with Gasteiger partial charge in [-0.25, -0.2) is 9.89 Å². The number of halogens is 1. The number of nitrogens with one attached hydrogen (secondary N) is 1. The molecule has 1 aliphatic carbocycles. The van der Waals surface area contributed by atoms with Gasteiger partial charge in [-0.3, -0.25) is 0 Å². The van der Waals surface area contributed by atoms with Gasteiger partial charge in [-0.2, -0.15) is 0 Å². The van der Waals surface area contributed by atoms with Crippen LogP contribution in [0.4, 0.5) is 0 Å². The number of aromatic nitrogens is 3. The molecular formula is C18H22ClN3O4. The largest absolute Gasteiger partial charge is 0.493 e. The van der Waals surface area contributed by atoms with Crippen LogP contribution in [0.15, 0.2) is 18.2 Å². The predicted octanol–water partition coefficient (Wildman–Crippen LogP) is 4.24. The normalized spacial score (nSPS) is 19.3. The average molecular weight is 380 g/mol. The first-order valence-electron chi connectivity index (χ1n) is 8.75. The number of esters is 1. The fourth-order valence-electron chi connectivity index (χ4n) is 3.07.